The second-order valence-corrected chi connectivity index (χ2v) is 8.12. The Kier molecular flexibility index (Phi) is 14.5. The van der Waals surface area contributed by atoms with Crippen molar-refractivity contribution in [1.82, 2.24) is 0 Å². The highest BCUT2D eigenvalue weighted by atomic mass is 16.6. The maximum atomic E-state index is 11.9. The molecule has 0 fully saturated rings. The monoisotopic (exact) mass is 406 g/mol. The van der Waals surface area contributed by atoms with Gasteiger partial charge in [0.15, 0.2) is 5.60 Å². The maximum absolute atomic E-state index is 11.9. The van der Waals surface area contributed by atoms with Gasteiger partial charge in [-0.15, -0.1) is 0 Å². The second-order valence-electron chi connectivity index (χ2n) is 8.12. The van der Waals surface area contributed by atoms with E-state index in [1.54, 1.807) is 24.3 Å². The smallest absolute Gasteiger partial charge is 0.340 e. The molecule has 0 saturated carbocycles. The zero-order valence-electron chi connectivity index (χ0n) is 18.4. The number of hydrogen-bond donors (Lipinski definition) is 2. The molecule has 2 N–H and O–H groups in total. The number of aliphatic carboxylic acids is 1. The van der Waals surface area contributed by atoms with E-state index in [4.69, 9.17) is 4.74 Å². The van der Waals surface area contributed by atoms with Gasteiger partial charge < -0.3 is 14.9 Å². The number of carbonyl (C=O) groups is 1. The van der Waals surface area contributed by atoms with Crippen LogP contribution in [0.4, 0.5) is 0 Å². The molecule has 1 rings (SSSR count). The molecule has 0 aromatic heterocycles. The van der Waals surface area contributed by atoms with E-state index < -0.39 is 18.4 Å². The number of ether oxygens (including phenoxy) is 1. The molecule has 1 aromatic carbocycles. The number of carboxylic acids is 1. The summed E-state index contributed by atoms with van der Waals surface area (Å²) >= 11 is 0. The van der Waals surface area contributed by atoms with Crippen LogP contribution in [0.25, 0.3) is 0 Å². The third kappa shape index (κ3) is 10.3. The van der Waals surface area contributed by atoms with Crippen molar-refractivity contribution < 1.29 is 19.7 Å². The molecule has 0 amide bonds. The number of carboxylic acid groups (broad SMARTS) is 1. The van der Waals surface area contributed by atoms with Crippen molar-refractivity contribution in [3.05, 3.63) is 35.9 Å². The molecule has 4 nitrogen and oxygen atoms in total. The van der Waals surface area contributed by atoms with Gasteiger partial charge in [-0.25, -0.2) is 4.79 Å². The third-order valence-electron chi connectivity index (χ3n) is 5.78. The lowest BCUT2D eigenvalue weighted by molar-refractivity contribution is -0.183. The Labute approximate surface area is 177 Å². The van der Waals surface area contributed by atoms with Gasteiger partial charge in [0.05, 0.1) is 0 Å². The molecule has 1 atom stereocenters. The highest BCUT2D eigenvalue weighted by molar-refractivity contribution is 5.79. The fraction of sp³-hybridized carbons (Fsp3) is 0.720. The van der Waals surface area contributed by atoms with Gasteiger partial charge in [-0.1, -0.05) is 121 Å². The van der Waals surface area contributed by atoms with Crippen LogP contribution in [0.2, 0.25) is 0 Å². The summed E-state index contributed by atoms with van der Waals surface area (Å²) in [5, 5.41) is 19.0. The molecular formula is C25H42O4. The van der Waals surface area contributed by atoms with Gasteiger partial charge in [0.2, 0.25) is 0 Å². The number of aliphatic hydroxyl groups excluding tert-OH is 1. The van der Waals surface area contributed by atoms with Crippen LogP contribution in [0.3, 0.4) is 0 Å². The molecule has 0 radical (unpaired) electrons. The van der Waals surface area contributed by atoms with E-state index in [1.807, 2.05) is 6.07 Å². The summed E-state index contributed by atoms with van der Waals surface area (Å²) in [5.74, 6) is -1.03. The summed E-state index contributed by atoms with van der Waals surface area (Å²) in [6, 6.07) is 8.97. The normalized spacial score (nSPS) is 13.3. The zero-order valence-corrected chi connectivity index (χ0v) is 18.4. The molecule has 0 aliphatic carbocycles. The Balaban J connectivity index is 2.16. The summed E-state index contributed by atoms with van der Waals surface area (Å²) in [5.41, 5.74) is -0.858. The predicted octanol–water partition coefficient (Wildman–Crippen LogP) is 6.80. The van der Waals surface area contributed by atoms with Crippen molar-refractivity contribution in [2.24, 2.45) is 0 Å². The molecule has 1 unspecified atom stereocenters. The van der Waals surface area contributed by atoms with E-state index >= 15 is 0 Å². The molecule has 0 saturated heterocycles. The molecule has 166 valence electrons. The molecule has 0 spiro atoms. The number of hydrogen-bond acceptors (Lipinski definition) is 3. The summed E-state index contributed by atoms with van der Waals surface area (Å²) in [7, 11) is 0. The van der Waals surface area contributed by atoms with E-state index in [9.17, 15) is 15.0 Å². The van der Waals surface area contributed by atoms with Gasteiger partial charge in [-0.05, 0) is 18.4 Å². The molecule has 0 aliphatic rings. The van der Waals surface area contributed by atoms with Crippen molar-refractivity contribution in [2.45, 2.75) is 109 Å². The first-order valence-electron chi connectivity index (χ1n) is 11.7. The van der Waals surface area contributed by atoms with Crippen molar-refractivity contribution >= 4 is 5.97 Å². The first-order chi connectivity index (χ1) is 14.2. The lowest BCUT2D eigenvalue weighted by atomic mass is 9.87. The van der Waals surface area contributed by atoms with Crippen LogP contribution in [0.5, 0.6) is 0 Å². The van der Waals surface area contributed by atoms with Crippen LogP contribution in [0.1, 0.15) is 109 Å². The summed E-state index contributed by atoms with van der Waals surface area (Å²) in [6.45, 7) is 1.66. The lowest BCUT2D eigenvalue weighted by Gasteiger charge is -2.29. The highest BCUT2D eigenvalue weighted by Crippen LogP contribution is 2.32. The Morgan fingerprint density at radius 1 is 0.793 bits per heavy atom. The zero-order chi connectivity index (χ0) is 21.2. The van der Waals surface area contributed by atoms with Gasteiger partial charge in [0.25, 0.3) is 0 Å². The molecule has 1 aromatic rings. The largest absolute Gasteiger partial charge is 0.479 e. The van der Waals surface area contributed by atoms with Crippen LogP contribution in [0.15, 0.2) is 30.3 Å². The van der Waals surface area contributed by atoms with Crippen molar-refractivity contribution in [2.75, 3.05) is 6.79 Å². The maximum Gasteiger partial charge on any atom is 0.340 e. The quantitative estimate of drug-likeness (QED) is 0.196. The third-order valence-corrected chi connectivity index (χ3v) is 5.78. The van der Waals surface area contributed by atoms with Crippen molar-refractivity contribution in [3.63, 3.8) is 0 Å². The number of benzene rings is 1. The SMILES string of the molecule is CCCCCCCCCCCCCCCCC(OCO)(C(=O)O)c1ccccc1. The van der Waals surface area contributed by atoms with Crippen LogP contribution in [-0.4, -0.2) is 23.0 Å². The minimum absolute atomic E-state index is 0.380. The average Bonchev–Trinajstić information content (AvgIpc) is 2.73. The summed E-state index contributed by atoms with van der Waals surface area (Å²) in [4.78, 5) is 11.9. The molecule has 0 aliphatic heterocycles. The Bertz CT molecular complexity index is 517. The summed E-state index contributed by atoms with van der Waals surface area (Å²) in [6.07, 6.45) is 18.0. The van der Waals surface area contributed by atoms with Crippen molar-refractivity contribution in [3.8, 4) is 0 Å². The molecular weight excluding hydrogens is 364 g/mol. The molecule has 0 bridgehead atoms. The van der Waals surface area contributed by atoms with Gasteiger partial charge in [-0.2, -0.15) is 0 Å². The van der Waals surface area contributed by atoms with Crippen LogP contribution in [0, 0.1) is 0 Å². The first-order valence-corrected chi connectivity index (χ1v) is 11.7. The minimum Gasteiger partial charge on any atom is -0.479 e. The molecule has 29 heavy (non-hydrogen) atoms. The highest BCUT2D eigenvalue weighted by Gasteiger charge is 2.41. The lowest BCUT2D eigenvalue weighted by Crippen LogP contribution is -2.39. The number of unbranched alkanes of at least 4 members (excludes halogenated alkanes) is 13. The topological polar surface area (TPSA) is 66.8 Å². The number of rotatable bonds is 19. The Hall–Kier alpha value is -1.39. The second kappa shape index (κ2) is 16.4. The van der Waals surface area contributed by atoms with Gasteiger partial charge in [0.1, 0.15) is 6.79 Å². The van der Waals surface area contributed by atoms with Crippen LogP contribution >= 0.6 is 0 Å². The fourth-order valence-corrected chi connectivity index (χ4v) is 3.98. The molecule has 4 heteroatoms. The van der Waals surface area contributed by atoms with E-state index in [1.165, 1.54) is 70.6 Å². The number of aliphatic hydroxyl groups is 1. The minimum atomic E-state index is -1.45. The molecule has 0 heterocycles. The van der Waals surface area contributed by atoms with Crippen molar-refractivity contribution in [1.29, 1.82) is 0 Å². The average molecular weight is 407 g/mol. The van der Waals surface area contributed by atoms with Gasteiger partial charge in [0, 0.05) is 0 Å². The predicted molar refractivity (Wildman–Crippen MR) is 119 cm³/mol. The summed E-state index contributed by atoms with van der Waals surface area (Å²) < 4.78 is 5.35. The van der Waals surface area contributed by atoms with E-state index in [0.717, 1.165) is 19.3 Å². The Morgan fingerprint density at radius 3 is 1.66 bits per heavy atom. The van der Waals surface area contributed by atoms with Gasteiger partial charge in [-0.3, -0.25) is 0 Å². The van der Waals surface area contributed by atoms with E-state index in [2.05, 4.69) is 6.92 Å². The standard InChI is InChI=1S/C25H42O4/c1-2-3-4-5-6-7-8-9-10-11-12-13-14-18-21-25(24(27)28,29-22-26)23-19-16-15-17-20-23/h15-17,19-20,26H,2-14,18,21-22H2,1H3,(H,27,28). The van der Waals surface area contributed by atoms with Gasteiger partial charge >= 0.3 is 5.97 Å². The first kappa shape index (κ1) is 25.6. The van der Waals surface area contributed by atoms with Crippen LogP contribution < -0.4 is 0 Å². The van der Waals surface area contributed by atoms with E-state index in [-0.39, 0.29) is 0 Å². The van der Waals surface area contributed by atoms with Crippen LogP contribution in [-0.2, 0) is 15.1 Å². The van der Waals surface area contributed by atoms with E-state index in [0.29, 0.717) is 12.0 Å². The fourth-order valence-electron chi connectivity index (χ4n) is 3.98. The Morgan fingerprint density at radius 2 is 1.24 bits per heavy atom.